The Morgan fingerprint density at radius 2 is 2.05 bits per heavy atom. The molecule has 0 bridgehead atoms. The maximum atomic E-state index is 13.6. The highest BCUT2D eigenvalue weighted by Crippen LogP contribution is 2.30. The molecule has 0 aliphatic carbocycles. The normalized spacial score (nSPS) is 11.7. The highest BCUT2D eigenvalue weighted by molar-refractivity contribution is 7.98. The molecule has 0 fully saturated rings. The van der Waals surface area contributed by atoms with Crippen LogP contribution in [0.25, 0.3) is 0 Å². The zero-order chi connectivity index (χ0) is 16.5. The van der Waals surface area contributed by atoms with Crippen molar-refractivity contribution in [3.63, 3.8) is 0 Å². The Hall–Kier alpha value is -1.54. The van der Waals surface area contributed by atoms with E-state index in [9.17, 15) is 22.4 Å². The van der Waals surface area contributed by atoms with Crippen molar-refractivity contribution in [1.29, 1.82) is 0 Å². The second kappa shape index (κ2) is 6.29. The lowest BCUT2D eigenvalue weighted by atomic mass is 10.2. The van der Waals surface area contributed by atoms with Gasteiger partial charge in [-0.05, 0) is 12.1 Å². The lowest BCUT2D eigenvalue weighted by Crippen LogP contribution is -2.23. The number of nitrogens with zero attached hydrogens (tertiary/aromatic N) is 2. The first kappa shape index (κ1) is 16.8. The van der Waals surface area contributed by atoms with Gasteiger partial charge in [0.25, 0.3) is 5.56 Å². The summed E-state index contributed by atoms with van der Waals surface area (Å²) in [4.78, 5) is 15.0. The van der Waals surface area contributed by atoms with E-state index in [0.29, 0.717) is 6.07 Å². The third kappa shape index (κ3) is 3.61. The summed E-state index contributed by atoms with van der Waals surface area (Å²) in [6.45, 7) is 0. The summed E-state index contributed by atoms with van der Waals surface area (Å²) >= 11 is 6.65. The van der Waals surface area contributed by atoms with E-state index in [0.717, 1.165) is 16.3 Å². The molecular formula is C13H9ClF4N2OS. The van der Waals surface area contributed by atoms with E-state index < -0.39 is 23.2 Å². The Morgan fingerprint density at radius 1 is 1.36 bits per heavy atom. The molecule has 0 amide bonds. The smallest absolute Gasteiger partial charge is 0.291 e. The third-order valence-corrected chi connectivity index (χ3v) is 4.20. The van der Waals surface area contributed by atoms with Gasteiger partial charge in [0.1, 0.15) is 5.82 Å². The van der Waals surface area contributed by atoms with E-state index >= 15 is 0 Å². The Kier molecular flexibility index (Phi) is 4.81. The van der Waals surface area contributed by atoms with Crippen LogP contribution in [0.3, 0.4) is 0 Å². The zero-order valence-corrected chi connectivity index (χ0v) is 12.7. The molecule has 0 aliphatic rings. The first-order valence-electron chi connectivity index (χ1n) is 5.91. The Labute approximate surface area is 131 Å². The van der Waals surface area contributed by atoms with E-state index in [-0.39, 0.29) is 21.5 Å². The van der Waals surface area contributed by atoms with Crippen molar-refractivity contribution in [2.24, 2.45) is 7.05 Å². The number of aromatic nitrogens is 2. The number of halogens is 5. The summed E-state index contributed by atoms with van der Waals surface area (Å²) < 4.78 is 52.6. The van der Waals surface area contributed by atoms with Crippen molar-refractivity contribution in [3.05, 3.63) is 56.7 Å². The molecule has 3 nitrogen and oxygen atoms in total. The van der Waals surface area contributed by atoms with Gasteiger partial charge in [0, 0.05) is 29.5 Å². The van der Waals surface area contributed by atoms with Gasteiger partial charge in [-0.3, -0.25) is 9.36 Å². The van der Waals surface area contributed by atoms with Gasteiger partial charge in [-0.2, -0.15) is 13.2 Å². The summed E-state index contributed by atoms with van der Waals surface area (Å²) in [6, 6.07) is 4.50. The van der Waals surface area contributed by atoms with Gasteiger partial charge in [0.2, 0.25) is 0 Å². The van der Waals surface area contributed by atoms with Crippen molar-refractivity contribution in [1.82, 2.24) is 9.55 Å². The van der Waals surface area contributed by atoms with Crippen LogP contribution in [-0.2, 0) is 19.0 Å². The van der Waals surface area contributed by atoms with Gasteiger partial charge in [-0.15, -0.1) is 0 Å². The van der Waals surface area contributed by atoms with Crippen LogP contribution in [0.4, 0.5) is 17.6 Å². The van der Waals surface area contributed by atoms with Gasteiger partial charge in [-0.1, -0.05) is 29.4 Å². The van der Waals surface area contributed by atoms with Crippen LogP contribution in [0.5, 0.6) is 0 Å². The first-order valence-corrected chi connectivity index (χ1v) is 7.27. The van der Waals surface area contributed by atoms with Crippen LogP contribution in [0.15, 0.2) is 34.2 Å². The molecule has 2 rings (SSSR count). The van der Waals surface area contributed by atoms with Crippen molar-refractivity contribution in [3.8, 4) is 0 Å². The van der Waals surface area contributed by atoms with Gasteiger partial charge >= 0.3 is 6.18 Å². The summed E-state index contributed by atoms with van der Waals surface area (Å²) in [5, 5.41) is -0.0105. The van der Waals surface area contributed by atoms with E-state index in [2.05, 4.69) is 4.98 Å². The molecule has 0 radical (unpaired) electrons. The van der Waals surface area contributed by atoms with Gasteiger partial charge in [0.05, 0.1) is 0 Å². The van der Waals surface area contributed by atoms with Crippen LogP contribution >= 0.6 is 23.4 Å². The lowest BCUT2D eigenvalue weighted by molar-refractivity contribution is -0.141. The molecule has 0 unspecified atom stereocenters. The van der Waals surface area contributed by atoms with Crippen LogP contribution in [-0.4, -0.2) is 9.55 Å². The molecule has 1 heterocycles. The van der Waals surface area contributed by atoms with E-state index in [4.69, 9.17) is 11.6 Å². The molecule has 2 aromatic rings. The first-order chi connectivity index (χ1) is 10.2. The maximum Gasteiger partial charge on any atom is 0.433 e. The molecule has 0 spiro atoms. The van der Waals surface area contributed by atoms with Crippen LogP contribution in [0.1, 0.15) is 11.3 Å². The highest BCUT2D eigenvalue weighted by Gasteiger charge is 2.34. The van der Waals surface area contributed by atoms with Crippen LogP contribution in [0, 0.1) is 5.82 Å². The lowest BCUT2D eigenvalue weighted by Gasteiger charge is -2.11. The molecule has 0 N–H and O–H groups in total. The number of hydrogen-bond donors (Lipinski definition) is 0. The average Bonchev–Trinajstić information content (AvgIpc) is 2.41. The maximum absolute atomic E-state index is 13.6. The number of thioether (sulfide) groups is 1. The topological polar surface area (TPSA) is 34.9 Å². The molecule has 1 aromatic carbocycles. The fourth-order valence-electron chi connectivity index (χ4n) is 1.60. The van der Waals surface area contributed by atoms with Crippen molar-refractivity contribution >= 4 is 23.4 Å². The minimum absolute atomic E-state index is 0.0485. The standard InChI is InChI=1S/C13H9ClF4N2OS/c1-20-11(21)5-10(13(16,17)18)19-12(20)22-6-7-8(14)3-2-4-9(7)15/h2-5H,6H2,1H3. The summed E-state index contributed by atoms with van der Waals surface area (Å²) in [5.74, 6) is -0.621. The summed E-state index contributed by atoms with van der Waals surface area (Å²) in [7, 11) is 1.29. The Bertz CT molecular complexity index is 740. The fourth-order valence-corrected chi connectivity index (χ4v) is 2.92. The molecule has 0 atom stereocenters. The average molecular weight is 353 g/mol. The van der Waals surface area contributed by atoms with Crippen molar-refractivity contribution in [2.45, 2.75) is 17.1 Å². The third-order valence-electron chi connectivity index (χ3n) is 2.79. The van der Waals surface area contributed by atoms with Gasteiger partial charge in [0.15, 0.2) is 10.9 Å². The molecule has 118 valence electrons. The number of alkyl halides is 3. The summed E-state index contributed by atoms with van der Waals surface area (Å²) in [5.41, 5.74) is -1.98. The second-order valence-electron chi connectivity index (χ2n) is 4.31. The van der Waals surface area contributed by atoms with Crippen molar-refractivity contribution < 1.29 is 17.6 Å². The van der Waals surface area contributed by atoms with Crippen LogP contribution in [0.2, 0.25) is 5.02 Å². The molecule has 22 heavy (non-hydrogen) atoms. The minimum atomic E-state index is -4.72. The predicted molar refractivity (Wildman–Crippen MR) is 75.5 cm³/mol. The Balaban J connectivity index is 2.34. The van der Waals surface area contributed by atoms with Gasteiger partial charge in [-0.25, -0.2) is 9.37 Å². The predicted octanol–water partition coefficient (Wildman–Crippen LogP) is 3.88. The Morgan fingerprint density at radius 3 is 2.64 bits per heavy atom. The SMILES string of the molecule is Cn1c(SCc2c(F)cccc2Cl)nc(C(F)(F)F)cc1=O. The zero-order valence-electron chi connectivity index (χ0n) is 11.1. The highest BCUT2D eigenvalue weighted by atomic mass is 35.5. The summed E-state index contributed by atoms with van der Waals surface area (Å²) in [6.07, 6.45) is -4.72. The van der Waals surface area contributed by atoms with E-state index in [1.54, 1.807) is 0 Å². The molecular weight excluding hydrogens is 344 g/mol. The molecule has 0 saturated heterocycles. The second-order valence-corrected chi connectivity index (χ2v) is 5.66. The molecule has 1 aromatic heterocycles. The molecule has 0 saturated carbocycles. The van der Waals surface area contributed by atoms with E-state index in [1.165, 1.54) is 25.2 Å². The largest absolute Gasteiger partial charge is 0.433 e. The number of rotatable bonds is 3. The van der Waals surface area contributed by atoms with Gasteiger partial charge < -0.3 is 0 Å². The number of hydrogen-bond acceptors (Lipinski definition) is 3. The monoisotopic (exact) mass is 352 g/mol. The van der Waals surface area contributed by atoms with E-state index in [1.807, 2.05) is 0 Å². The van der Waals surface area contributed by atoms with Crippen molar-refractivity contribution in [2.75, 3.05) is 0 Å². The van der Waals surface area contributed by atoms with Crippen LogP contribution < -0.4 is 5.56 Å². The number of benzene rings is 1. The molecule has 0 aliphatic heterocycles. The fraction of sp³-hybridized carbons (Fsp3) is 0.231. The molecule has 9 heteroatoms. The minimum Gasteiger partial charge on any atom is -0.291 e. The quantitative estimate of drug-likeness (QED) is 0.477.